The van der Waals surface area contributed by atoms with Crippen LogP contribution in [0.25, 0.3) is 0 Å². The van der Waals surface area contributed by atoms with Gasteiger partial charge in [-0.2, -0.15) is 0 Å². The highest BCUT2D eigenvalue weighted by Crippen LogP contribution is 2.35. The van der Waals surface area contributed by atoms with Crippen molar-refractivity contribution in [2.75, 3.05) is 6.54 Å². The molecule has 2 aliphatic rings. The van der Waals surface area contributed by atoms with Gasteiger partial charge < -0.3 is 15.3 Å². The molecule has 1 unspecified atom stereocenters. The molecule has 0 radical (unpaired) electrons. The molecule has 2 N–H and O–H groups in total. The van der Waals surface area contributed by atoms with Gasteiger partial charge in [0.15, 0.2) is 0 Å². The van der Waals surface area contributed by atoms with Crippen LogP contribution in [0.2, 0.25) is 0 Å². The number of aliphatic carboxylic acids is 1. The Bertz CT molecular complexity index is 375. The van der Waals surface area contributed by atoms with E-state index in [1.165, 1.54) is 11.3 Å². The first-order chi connectivity index (χ1) is 9.42. The Morgan fingerprint density at radius 2 is 1.80 bits per heavy atom. The van der Waals surface area contributed by atoms with Gasteiger partial charge >= 0.3 is 12.0 Å². The number of carbonyl (C=O) groups excluding carboxylic acids is 1. The van der Waals surface area contributed by atoms with Crippen LogP contribution in [0.1, 0.15) is 58.8 Å². The smallest absolute Gasteiger partial charge is 0.327 e. The van der Waals surface area contributed by atoms with E-state index >= 15 is 0 Å². The summed E-state index contributed by atoms with van der Waals surface area (Å²) in [6, 6.07) is -0.701. The molecule has 0 aromatic heterocycles. The van der Waals surface area contributed by atoms with Gasteiger partial charge in [-0.15, -0.1) is 0 Å². The first-order valence-corrected chi connectivity index (χ1v) is 7.72. The van der Waals surface area contributed by atoms with E-state index in [-0.39, 0.29) is 17.5 Å². The van der Waals surface area contributed by atoms with Crippen LogP contribution in [-0.2, 0) is 4.79 Å². The number of amides is 2. The normalized spacial score (nSPS) is 27.1. The molecule has 114 valence electrons. The molecule has 2 rings (SSSR count). The monoisotopic (exact) mass is 282 g/mol. The number of nitrogens with one attached hydrogen (secondary N) is 1. The number of carboxylic acid groups (broad SMARTS) is 1. The molecule has 1 saturated heterocycles. The fraction of sp³-hybridized carbons (Fsp3) is 0.867. The summed E-state index contributed by atoms with van der Waals surface area (Å²) in [5.74, 6) is -0.895. The van der Waals surface area contributed by atoms with Crippen LogP contribution >= 0.6 is 0 Å². The highest BCUT2D eigenvalue weighted by Gasteiger charge is 2.44. The number of carboxylic acids is 1. The Balaban J connectivity index is 2.04. The Kier molecular flexibility index (Phi) is 4.55. The zero-order valence-electron chi connectivity index (χ0n) is 12.5. The van der Waals surface area contributed by atoms with Crippen molar-refractivity contribution in [1.82, 2.24) is 10.2 Å². The molecule has 5 heteroatoms. The molecule has 1 saturated carbocycles. The van der Waals surface area contributed by atoms with Crippen molar-refractivity contribution < 1.29 is 14.7 Å². The highest BCUT2D eigenvalue weighted by molar-refractivity contribution is 5.83. The van der Waals surface area contributed by atoms with Crippen molar-refractivity contribution in [2.24, 2.45) is 5.41 Å². The molecule has 5 nitrogen and oxygen atoms in total. The van der Waals surface area contributed by atoms with Gasteiger partial charge in [-0.05, 0) is 31.1 Å². The van der Waals surface area contributed by atoms with Crippen molar-refractivity contribution in [3.63, 3.8) is 0 Å². The lowest BCUT2D eigenvalue weighted by Crippen LogP contribution is -2.59. The van der Waals surface area contributed by atoms with E-state index in [1.807, 2.05) is 13.8 Å². The number of hydrogen-bond acceptors (Lipinski definition) is 2. The Morgan fingerprint density at radius 3 is 2.40 bits per heavy atom. The van der Waals surface area contributed by atoms with E-state index in [4.69, 9.17) is 0 Å². The summed E-state index contributed by atoms with van der Waals surface area (Å²) >= 11 is 0. The molecular formula is C15H26N2O3. The first-order valence-electron chi connectivity index (χ1n) is 7.72. The summed E-state index contributed by atoms with van der Waals surface area (Å²) in [7, 11) is 0. The highest BCUT2D eigenvalue weighted by atomic mass is 16.4. The minimum atomic E-state index is -0.895. The van der Waals surface area contributed by atoms with E-state index < -0.39 is 12.0 Å². The van der Waals surface area contributed by atoms with Gasteiger partial charge in [-0.25, -0.2) is 9.59 Å². The minimum Gasteiger partial charge on any atom is -0.480 e. The van der Waals surface area contributed by atoms with Crippen molar-refractivity contribution in [2.45, 2.75) is 70.9 Å². The van der Waals surface area contributed by atoms with Crippen molar-refractivity contribution in [3.05, 3.63) is 0 Å². The SMILES string of the molecule is CC1(C)CCCN(C(=O)NC2CCCCC2)C1C(=O)O. The predicted molar refractivity (Wildman–Crippen MR) is 76.5 cm³/mol. The van der Waals surface area contributed by atoms with E-state index in [0.717, 1.165) is 38.5 Å². The van der Waals surface area contributed by atoms with E-state index in [9.17, 15) is 14.7 Å². The van der Waals surface area contributed by atoms with E-state index in [2.05, 4.69) is 5.32 Å². The average Bonchev–Trinajstić information content (AvgIpc) is 2.37. The van der Waals surface area contributed by atoms with Gasteiger partial charge in [0.1, 0.15) is 6.04 Å². The number of likely N-dealkylation sites (tertiary alicyclic amines) is 1. The number of piperidine rings is 1. The largest absolute Gasteiger partial charge is 0.480 e. The summed E-state index contributed by atoms with van der Waals surface area (Å²) in [4.78, 5) is 25.5. The maximum Gasteiger partial charge on any atom is 0.327 e. The summed E-state index contributed by atoms with van der Waals surface area (Å²) in [5.41, 5.74) is -0.367. The number of carbonyl (C=O) groups is 2. The fourth-order valence-corrected chi connectivity index (χ4v) is 3.58. The van der Waals surface area contributed by atoms with Crippen molar-refractivity contribution in [3.8, 4) is 0 Å². The van der Waals surface area contributed by atoms with Gasteiger partial charge in [-0.3, -0.25) is 0 Å². The van der Waals surface area contributed by atoms with Crippen molar-refractivity contribution in [1.29, 1.82) is 0 Å². The van der Waals surface area contributed by atoms with Crippen molar-refractivity contribution >= 4 is 12.0 Å². The molecule has 1 aliphatic heterocycles. The zero-order chi connectivity index (χ0) is 14.8. The molecule has 1 aliphatic carbocycles. The topological polar surface area (TPSA) is 69.6 Å². The van der Waals surface area contributed by atoms with Gasteiger partial charge in [0.05, 0.1) is 0 Å². The van der Waals surface area contributed by atoms with Gasteiger partial charge in [0, 0.05) is 12.6 Å². The molecule has 20 heavy (non-hydrogen) atoms. The van der Waals surface area contributed by atoms with Crippen LogP contribution in [-0.4, -0.2) is 40.6 Å². The third-order valence-electron chi connectivity index (χ3n) is 4.70. The van der Waals surface area contributed by atoms with Crippen LogP contribution in [0, 0.1) is 5.41 Å². The number of rotatable bonds is 2. The lowest BCUT2D eigenvalue weighted by Gasteiger charge is -2.44. The average molecular weight is 282 g/mol. The van der Waals surface area contributed by atoms with E-state index in [1.54, 1.807) is 0 Å². The number of nitrogens with zero attached hydrogens (tertiary/aromatic N) is 1. The molecule has 0 spiro atoms. The van der Waals surface area contributed by atoms with Crippen LogP contribution in [0.5, 0.6) is 0 Å². The summed E-state index contributed by atoms with van der Waals surface area (Å²) in [5, 5.41) is 12.5. The second-order valence-electron chi connectivity index (χ2n) is 6.81. The Morgan fingerprint density at radius 1 is 1.15 bits per heavy atom. The molecule has 0 bridgehead atoms. The third-order valence-corrected chi connectivity index (χ3v) is 4.70. The quantitative estimate of drug-likeness (QED) is 0.818. The summed E-state index contributed by atoms with van der Waals surface area (Å²) in [6.45, 7) is 4.41. The number of hydrogen-bond donors (Lipinski definition) is 2. The van der Waals surface area contributed by atoms with Crippen LogP contribution in [0.15, 0.2) is 0 Å². The standard InChI is InChI=1S/C15H26N2O3/c1-15(2)9-6-10-17(12(15)13(18)19)14(20)16-11-7-4-3-5-8-11/h11-12H,3-10H2,1-2H3,(H,16,20)(H,18,19). The maximum atomic E-state index is 12.4. The maximum absolute atomic E-state index is 12.4. The van der Waals surface area contributed by atoms with E-state index in [0.29, 0.717) is 6.54 Å². The third kappa shape index (κ3) is 3.25. The minimum absolute atomic E-state index is 0.197. The Hall–Kier alpha value is -1.26. The van der Waals surface area contributed by atoms with Crippen LogP contribution in [0.3, 0.4) is 0 Å². The fourth-order valence-electron chi connectivity index (χ4n) is 3.58. The number of urea groups is 1. The summed E-state index contributed by atoms with van der Waals surface area (Å²) < 4.78 is 0. The molecule has 0 aromatic carbocycles. The molecule has 1 heterocycles. The predicted octanol–water partition coefficient (Wildman–Crippen LogP) is 2.60. The van der Waals surface area contributed by atoms with Gasteiger partial charge in [0.25, 0.3) is 0 Å². The molecular weight excluding hydrogens is 256 g/mol. The lowest BCUT2D eigenvalue weighted by atomic mass is 9.76. The second kappa shape index (κ2) is 6.02. The lowest BCUT2D eigenvalue weighted by molar-refractivity contribution is -0.148. The zero-order valence-corrected chi connectivity index (χ0v) is 12.5. The first kappa shape index (κ1) is 15.1. The second-order valence-corrected chi connectivity index (χ2v) is 6.81. The molecule has 1 atom stereocenters. The molecule has 2 fully saturated rings. The Labute approximate surface area is 120 Å². The molecule has 0 aromatic rings. The summed E-state index contributed by atoms with van der Waals surface area (Å²) in [6.07, 6.45) is 7.28. The van der Waals surface area contributed by atoms with Crippen LogP contribution < -0.4 is 5.32 Å². The van der Waals surface area contributed by atoms with Gasteiger partial charge in [0.2, 0.25) is 0 Å². The van der Waals surface area contributed by atoms with Crippen LogP contribution in [0.4, 0.5) is 4.79 Å². The van der Waals surface area contributed by atoms with Gasteiger partial charge in [-0.1, -0.05) is 33.1 Å². The molecule has 2 amide bonds.